The molecule has 2 heteroatoms. The lowest BCUT2D eigenvalue weighted by Gasteiger charge is -2.46. The van der Waals surface area contributed by atoms with Crippen LogP contribution in [-0.2, 0) is 4.79 Å². The summed E-state index contributed by atoms with van der Waals surface area (Å²) in [5.74, 6) is 0.389. The highest BCUT2D eigenvalue weighted by molar-refractivity contribution is 7.68. The van der Waals surface area contributed by atoms with Crippen LogP contribution in [0.5, 0.6) is 0 Å². The van der Waals surface area contributed by atoms with Crippen molar-refractivity contribution in [3.8, 4) is 22.3 Å². The molecule has 0 aromatic heterocycles. The van der Waals surface area contributed by atoms with Crippen LogP contribution in [0.2, 0.25) is 0 Å². The highest BCUT2D eigenvalue weighted by Crippen LogP contribution is 2.67. The average Bonchev–Trinajstić information content (AvgIpc) is 2.97. The molecular formula is C41H49OP. The van der Waals surface area contributed by atoms with E-state index in [0.29, 0.717) is 18.6 Å². The van der Waals surface area contributed by atoms with Crippen molar-refractivity contribution in [3.63, 3.8) is 0 Å². The number of benzene rings is 4. The molecule has 4 aromatic rings. The monoisotopic (exact) mass is 588 g/mol. The van der Waals surface area contributed by atoms with E-state index in [9.17, 15) is 4.79 Å². The second-order valence-corrected chi connectivity index (χ2v) is 16.8. The van der Waals surface area contributed by atoms with Crippen LogP contribution in [0.15, 0.2) is 48.5 Å². The molecule has 2 unspecified atom stereocenters. The number of hydrogen-bond acceptors (Lipinski definition) is 1. The van der Waals surface area contributed by atoms with Crippen molar-refractivity contribution in [2.24, 2.45) is 0 Å². The third kappa shape index (κ3) is 5.13. The van der Waals surface area contributed by atoms with Gasteiger partial charge in [0, 0.05) is 18.5 Å². The van der Waals surface area contributed by atoms with Crippen molar-refractivity contribution < 1.29 is 4.79 Å². The van der Waals surface area contributed by atoms with Crippen LogP contribution < -0.4 is 5.30 Å². The second-order valence-electron chi connectivity index (χ2n) is 13.7. The summed E-state index contributed by atoms with van der Waals surface area (Å²) in [4.78, 5) is 13.4. The lowest BCUT2D eigenvalue weighted by molar-refractivity contribution is -0.119. The van der Waals surface area contributed by atoms with E-state index in [1.54, 1.807) is 0 Å². The topological polar surface area (TPSA) is 17.1 Å². The van der Waals surface area contributed by atoms with E-state index in [2.05, 4.69) is 132 Å². The second kappa shape index (κ2) is 11.5. The lowest BCUT2D eigenvalue weighted by Crippen LogP contribution is -2.36. The van der Waals surface area contributed by atoms with Crippen LogP contribution >= 0.6 is 7.92 Å². The summed E-state index contributed by atoms with van der Waals surface area (Å²) in [6.07, 6.45) is 1.24. The summed E-state index contributed by atoms with van der Waals surface area (Å²) in [7, 11) is -0.790. The van der Waals surface area contributed by atoms with Crippen LogP contribution in [0, 0.1) is 69.2 Å². The van der Waals surface area contributed by atoms with Crippen molar-refractivity contribution in [3.05, 3.63) is 110 Å². The molecule has 5 rings (SSSR count). The molecule has 0 saturated carbocycles. The molecule has 0 N–H and O–H groups in total. The van der Waals surface area contributed by atoms with Gasteiger partial charge in [-0.15, -0.1) is 0 Å². The fraction of sp³-hybridized carbons (Fsp3) is 0.390. The molecular weight excluding hydrogens is 539 g/mol. The predicted octanol–water partition coefficient (Wildman–Crippen LogP) is 11.1. The van der Waals surface area contributed by atoms with Crippen molar-refractivity contribution in [1.29, 1.82) is 0 Å². The molecule has 1 nitrogen and oxygen atoms in total. The Kier molecular flexibility index (Phi) is 8.39. The van der Waals surface area contributed by atoms with Gasteiger partial charge in [0.2, 0.25) is 0 Å². The van der Waals surface area contributed by atoms with Gasteiger partial charge in [-0.1, -0.05) is 70.3 Å². The highest BCUT2D eigenvalue weighted by Gasteiger charge is 2.46. The van der Waals surface area contributed by atoms with Crippen LogP contribution in [0.4, 0.5) is 0 Å². The Labute approximate surface area is 261 Å². The van der Waals surface area contributed by atoms with Crippen molar-refractivity contribution in [1.82, 2.24) is 0 Å². The van der Waals surface area contributed by atoms with Crippen molar-refractivity contribution in [2.75, 3.05) is 0 Å². The Bertz CT molecular complexity index is 1610. The maximum Gasteiger partial charge on any atom is 0.134 e. The smallest absolute Gasteiger partial charge is 0.134 e. The maximum atomic E-state index is 13.4. The van der Waals surface area contributed by atoms with Gasteiger partial charge in [-0.3, -0.25) is 4.79 Å². The molecule has 4 aromatic carbocycles. The van der Waals surface area contributed by atoms with Gasteiger partial charge in [0.1, 0.15) is 5.78 Å². The van der Waals surface area contributed by atoms with Crippen molar-refractivity contribution >= 4 is 19.0 Å². The molecule has 43 heavy (non-hydrogen) atoms. The number of ketones is 1. The average molecular weight is 589 g/mol. The molecule has 0 spiro atoms. The lowest BCUT2D eigenvalue weighted by atomic mass is 9.83. The van der Waals surface area contributed by atoms with Gasteiger partial charge in [-0.25, -0.2) is 0 Å². The zero-order chi connectivity index (χ0) is 31.5. The van der Waals surface area contributed by atoms with Gasteiger partial charge in [0.25, 0.3) is 0 Å². The molecule has 0 radical (unpaired) electrons. The zero-order valence-electron chi connectivity index (χ0n) is 28.5. The first-order valence-corrected chi connectivity index (χ1v) is 17.2. The normalized spacial score (nSPS) is 18.3. The van der Waals surface area contributed by atoms with Crippen LogP contribution in [0.1, 0.15) is 93.5 Å². The van der Waals surface area contributed by atoms with E-state index in [4.69, 9.17) is 0 Å². The Morgan fingerprint density at radius 3 is 1.37 bits per heavy atom. The van der Waals surface area contributed by atoms with Gasteiger partial charge in [-0.2, -0.15) is 0 Å². The molecule has 1 aliphatic rings. The molecule has 0 amide bonds. The van der Waals surface area contributed by atoms with Crippen LogP contribution in [0.3, 0.4) is 0 Å². The first-order chi connectivity index (χ1) is 20.2. The van der Waals surface area contributed by atoms with Gasteiger partial charge < -0.3 is 0 Å². The number of carbonyl (C=O) groups is 1. The number of hydrogen-bond donors (Lipinski definition) is 0. The van der Waals surface area contributed by atoms with E-state index < -0.39 is 7.92 Å². The molecule has 1 heterocycles. The summed E-state index contributed by atoms with van der Waals surface area (Å²) in [5.41, 5.74) is 20.8. The fourth-order valence-corrected chi connectivity index (χ4v) is 11.6. The Morgan fingerprint density at radius 1 is 0.558 bits per heavy atom. The summed E-state index contributed by atoms with van der Waals surface area (Å²) in [5, 5.41) is 1.33. The first-order valence-electron chi connectivity index (χ1n) is 15.8. The van der Waals surface area contributed by atoms with Gasteiger partial charge in [0.15, 0.2) is 0 Å². The maximum absolute atomic E-state index is 13.4. The standard InChI is InChI=1S/C41H49OP/c1-23-25(3)29(7)38(30(8)26(23)4)35-19-16-20-36(39-31(9)27(5)24(2)28(6)32(39)10)40(35)43-37(33-17-14-13-15-18-33)21-34(42)22-41(43,11)12/h13-20,37H,21-22H2,1-12H3. The van der Waals surface area contributed by atoms with E-state index in [1.807, 2.05) is 0 Å². The number of rotatable bonds is 4. The number of Topliss-reactive ketones (excluding diaryl/α,β-unsaturated/α-hetero) is 1. The van der Waals surface area contributed by atoms with Crippen LogP contribution in [0.25, 0.3) is 22.3 Å². The summed E-state index contributed by atoms with van der Waals surface area (Å²) in [6.45, 7) is 27.7. The van der Waals surface area contributed by atoms with E-state index in [-0.39, 0.29) is 10.8 Å². The van der Waals surface area contributed by atoms with Gasteiger partial charge >= 0.3 is 0 Å². The predicted molar refractivity (Wildman–Crippen MR) is 189 cm³/mol. The number of carbonyl (C=O) groups excluding carboxylic acids is 1. The van der Waals surface area contributed by atoms with E-state index in [0.717, 1.165) is 0 Å². The quantitative estimate of drug-likeness (QED) is 0.217. The Balaban J connectivity index is 1.99. The third-order valence-corrected chi connectivity index (χ3v) is 14.5. The van der Waals surface area contributed by atoms with Crippen molar-refractivity contribution in [2.45, 2.75) is 107 Å². The molecule has 224 valence electrons. The molecule has 1 fully saturated rings. The molecule has 1 saturated heterocycles. The van der Waals surface area contributed by atoms with E-state index >= 15 is 0 Å². The first kappa shape index (κ1) is 31.4. The summed E-state index contributed by atoms with van der Waals surface area (Å²) >= 11 is 0. The van der Waals surface area contributed by atoms with E-state index in [1.165, 1.54) is 88.8 Å². The third-order valence-electron chi connectivity index (χ3n) is 11.0. The largest absolute Gasteiger partial charge is 0.300 e. The minimum absolute atomic E-state index is 0.150. The highest BCUT2D eigenvalue weighted by atomic mass is 31.1. The van der Waals surface area contributed by atoms with Gasteiger partial charge in [0.05, 0.1) is 0 Å². The summed E-state index contributed by atoms with van der Waals surface area (Å²) < 4.78 is 0. The Morgan fingerprint density at radius 2 is 0.953 bits per heavy atom. The minimum atomic E-state index is -0.790. The molecule has 1 aliphatic heterocycles. The molecule has 2 atom stereocenters. The van der Waals surface area contributed by atoms with Gasteiger partial charge in [-0.05, 0) is 163 Å². The Hall–Kier alpha value is -3.02. The minimum Gasteiger partial charge on any atom is -0.300 e. The molecule has 0 bridgehead atoms. The fourth-order valence-electron chi connectivity index (χ4n) is 7.78. The summed E-state index contributed by atoms with van der Waals surface area (Å²) in [6, 6.07) is 17.9. The SMILES string of the molecule is Cc1c(C)c(C)c(-c2cccc(-c3c(C)c(C)c(C)c(C)c3C)c2P2C(c3ccccc3)CC(=O)CC2(C)C)c(C)c1C. The molecule has 0 aliphatic carbocycles. The zero-order valence-corrected chi connectivity index (χ0v) is 29.4. The van der Waals surface area contributed by atoms with Crippen LogP contribution in [-0.4, -0.2) is 10.9 Å².